The number of amides is 1. The fourth-order valence-corrected chi connectivity index (χ4v) is 5.33. The number of para-hydroxylation sites is 1. The average molecular weight is 386 g/mol. The topological polar surface area (TPSA) is 36.4 Å². The van der Waals surface area contributed by atoms with Crippen molar-refractivity contribution in [2.24, 2.45) is 11.8 Å². The van der Waals surface area contributed by atoms with Crippen LogP contribution in [0.2, 0.25) is 0 Å². The molecule has 3 heterocycles. The van der Waals surface area contributed by atoms with Gasteiger partial charge >= 0.3 is 0 Å². The van der Waals surface area contributed by atoms with Crippen LogP contribution in [-0.4, -0.2) is 40.3 Å². The van der Waals surface area contributed by atoms with Gasteiger partial charge < -0.3 is 4.90 Å². The first-order valence-corrected chi connectivity index (χ1v) is 10.5. The van der Waals surface area contributed by atoms with Crippen molar-refractivity contribution < 1.29 is 4.79 Å². The number of carbonyl (C=O) groups excluding carboxylic acids is 1. The summed E-state index contributed by atoms with van der Waals surface area (Å²) in [5, 5.41) is 1.19. The Labute approximate surface area is 172 Å². The summed E-state index contributed by atoms with van der Waals surface area (Å²) < 4.78 is 0. The third-order valence-electron chi connectivity index (χ3n) is 6.69. The van der Waals surface area contributed by atoms with Crippen LogP contribution in [0, 0.1) is 18.8 Å². The maximum absolute atomic E-state index is 12.4. The maximum atomic E-state index is 12.4. The number of hydrogen-bond donors (Lipinski definition) is 0. The summed E-state index contributed by atoms with van der Waals surface area (Å²) in [6, 6.07) is 21.3. The standard InChI is InChI=1S/C25H27N3O/c1-17-7-3-5-9-22(17)25-23-16-27(13-20(23)14-28(25)18(2)29)15-21-12-11-19-8-4-6-10-24(19)26-21/h3-12,20,23,25H,13-16H2,1-2H3/t20-,23-,25+/m1/s1. The number of aryl methyl sites for hydroxylation is 1. The second-order valence-electron chi connectivity index (χ2n) is 8.59. The normalized spacial score (nSPS) is 24.2. The lowest BCUT2D eigenvalue weighted by atomic mass is 9.87. The molecule has 2 aliphatic heterocycles. The summed E-state index contributed by atoms with van der Waals surface area (Å²) >= 11 is 0. The van der Waals surface area contributed by atoms with E-state index in [0.29, 0.717) is 11.8 Å². The number of pyridine rings is 1. The molecule has 5 rings (SSSR count). The Balaban J connectivity index is 1.38. The van der Waals surface area contributed by atoms with Crippen molar-refractivity contribution in [1.82, 2.24) is 14.8 Å². The number of benzene rings is 2. The summed E-state index contributed by atoms with van der Waals surface area (Å²) in [7, 11) is 0. The van der Waals surface area contributed by atoms with Gasteiger partial charge in [-0.1, -0.05) is 48.5 Å². The van der Waals surface area contributed by atoms with Crippen molar-refractivity contribution in [2.75, 3.05) is 19.6 Å². The summed E-state index contributed by atoms with van der Waals surface area (Å²) in [5.74, 6) is 1.21. The molecule has 0 bridgehead atoms. The number of nitrogens with zero attached hydrogens (tertiary/aromatic N) is 3. The highest BCUT2D eigenvalue weighted by Crippen LogP contribution is 2.46. The van der Waals surface area contributed by atoms with E-state index < -0.39 is 0 Å². The third kappa shape index (κ3) is 3.32. The highest BCUT2D eigenvalue weighted by Gasteiger charge is 2.48. The summed E-state index contributed by atoms with van der Waals surface area (Å²) in [5.41, 5.74) is 4.77. The first kappa shape index (κ1) is 18.3. The SMILES string of the molecule is CC(=O)N1C[C@H]2CN(Cc3ccc4ccccc4n3)C[C@H]2[C@@H]1c1ccccc1C. The third-order valence-corrected chi connectivity index (χ3v) is 6.69. The van der Waals surface area contributed by atoms with E-state index in [0.717, 1.165) is 37.4 Å². The summed E-state index contributed by atoms with van der Waals surface area (Å²) in [4.78, 5) is 21.9. The maximum Gasteiger partial charge on any atom is 0.219 e. The van der Waals surface area contributed by atoms with Crippen molar-refractivity contribution >= 4 is 16.8 Å². The molecule has 0 saturated carbocycles. The molecule has 0 radical (unpaired) electrons. The fourth-order valence-electron chi connectivity index (χ4n) is 5.33. The Morgan fingerprint density at radius 3 is 2.62 bits per heavy atom. The zero-order valence-corrected chi connectivity index (χ0v) is 17.1. The highest BCUT2D eigenvalue weighted by molar-refractivity contribution is 5.78. The van der Waals surface area contributed by atoms with E-state index in [2.05, 4.69) is 71.3 Å². The molecule has 0 N–H and O–H groups in total. The van der Waals surface area contributed by atoms with Crippen molar-refractivity contribution in [3.05, 3.63) is 77.5 Å². The van der Waals surface area contributed by atoms with E-state index in [4.69, 9.17) is 4.98 Å². The van der Waals surface area contributed by atoms with Gasteiger partial charge in [-0.05, 0) is 36.1 Å². The van der Waals surface area contributed by atoms with Crippen LogP contribution < -0.4 is 0 Å². The quantitative estimate of drug-likeness (QED) is 0.678. The molecule has 4 nitrogen and oxygen atoms in total. The molecule has 1 aromatic heterocycles. The lowest BCUT2D eigenvalue weighted by Crippen LogP contribution is -2.34. The summed E-state index contributed by atoms with van der Waals surface area (Å²) in [6.07, 6.45) is 0. The lowest BCUT2D eigenvalue weighted by Gasteiger charge is -2.30. The van der Waals surface area contributed by atoms with Crippen LogP contribution in [0.4, 0.5) is 0 Å². The molecule has 29 heavy (non-hydrogen) atoms. The molecular formula is C25H27N3O. The van der Waals surface area contributed by atoms with E-state index in [9.17, 15) is 4.79 Å². The number of fused-ring (bicyclic) bond motifs is 2. The first-order chi connectivity index (χ1) is 14.1. The number of rotatable bonds is 3. The molecule has 0 aliphatic carbocycles. The number of aromatic nitrogens is 1. The van der Waals surface area contributed by atoms with Gasteiger partial charge in [-0.2, -0.15) is 0 Å². The number of carbonyl (C=O) groups is 1. The Morgan fingerprint density at radius 1 is 1.00 bits per heavy atom. The molecule has 2 saturated heterocycles. The predicted molar refractivity (Wildman–Crippen MR) is 115 cm³/mol. The minimum absolute atomic E-state index is 0.188. The molecule has 2 aliphatic rings. The Morgan fingerprint density at radius 2 is 1.79 bits per heavy atom. The minimum Gasteiger partial charge on any atom is -0.335 e. The van der Waals surface area contributed by atoms with Crippen molar-refractivity contribution in [3.63, 3.8) is 0 Å². The van der Waals surface area contributed by atoms with Crippen LogP contribution >= 0.6 is 0 Å². The summed E-state index contributed by atoms with van der Waals surface area (Å²) in [6.45, 7) is 7.65. The van der Waals surface area contributed by atoms with Gasteiger partial charge in [0.25, 0.3) is 0 Å². The molecule has 3 aromatic rings. The van der Waals surface area contributed by atoms with Crippen LogP contribution in [-0.2, 0) is 11.3 Å². The van der Waals surface area contributed by atoms with E-state index in [1.54, 1.807) is 6.92 Å². The largest absolute Gasteiger partial charge is 0.335 e. The van der Waals surface area contributed by atoms with Gasteiger partial charge in [0.1, 0.15) is 0 Å². The van der Waals surface area contributed by atoms with Crippen LogP contribution in [0.1, 0.15) is 29.8 Å². The predicted octanol–water partition coefficient (Wildman–Crippen LogP) is 4.19. The van der Waals surface area contributed by atoms with E-state index in [1.165, 1.54) is 16.5 Å². The molecule has 3 atom stereocenters. The number of hydrogen-bond acceptors (Lipinski definition) is 3. The number of likely N-dealkylation sites (tertiary alicyclic amines) is 2. The Hall–Kier alpha value is -2.72. The van der Waals surface area contributed by atoms with Gasteiger partial charge in [-0.15, -0.1) is 0 Å². The van der Waals surface area contributed by atoms with Gasteiger partial charge in [-0.3, -0.25) is 14.7 Å². The lowest BCUT2D eigenvalue weighted by molar-refractivity contribution is -0.130. The minimum atomic E-state index is 0.188. The van der Waals surface area contributed by atoms with Crippen LogP contribution in [0.3, 0.4) is 0 Å². The van der Waals surface area contributed by atoms with Gasteiger partial charge in [0.15, 0.2) is 0 Å². The van der Waals surface area contributed by atoms with Crippen LogP contribution in [0.5, 0.6) is 0 Å². The van der Waals surface area contributed by atoms with E-state index in [1.807, 2.05) is 6.07 Å². The Kier molecular flexibility index (Phi) is 4.59. The van der Waals surface area contributed by atoms with Crippen molar-refractivity contribution in [1.29, 1.82) is 0 Å². The average Bonchev–Trinajstić information content (AvgIpc) is 3.26. The molecule has 148 valence electrons. The van der Waals surface area contributed by atoms with Crippen molar-refractivity contribution in [3.8, 4) is 0 Å². The zero-order chi connectivity index (χ0) is 20.0. The van der Waals surface area contributed by atoms with Crippen LogP contribution in [0.25, 0.3) is 10.9 Å². The van der Waals surface area contributed by atoms with Crippen molar-refractivity contribution in [2.45, 2.75) is 26.4 Å². The monoisotopic (exact) mass is 385 g/mol. The molecule has 2 fully saturated rings. The molecule has 4 heteroatoms. The van der Waals surface area contributed by atoms with Gasteiger partial charge in [0.05, 0.1) is 17.3 Å². The van der Waals surface area contributed by atoms with Gasteiger partial charge in [0, 0.05) is 44.4 Å². The molecular weight excluding hydrogens is 358 g/mol. The first-order valence-electron chi connectivity index (χ1n) is 10.5. The van der Waals surface area contributed by atoms with Gasteiger partial charge in [0.2, 0.25) is 5.91 Å². The second-order valence-corrected chi connectivity index (χ2v) is 8.59. The molecule has 0 spiro atoms. The smallest absolute Gasteiger partial charge is 0.219 e. The highest BCUT2D eigenvalue weighted by atomic mass is 16.2. The van der Waals surface area contributed by atoms with E-state index >= 15 is 0 Å². The van der Waals surface area contributed by atoms with E-state index in [-0.39, 0.29) is 11.9 Å². The molecule has 1 amide bonds. The molecule has 0 unspecified atom stereocenters. The van der Waals surface area contributed by atoms with Crippen LogP contribution in [0.15, 0.2) is 60.7 Å². The molecule has 2 aromatic carbocycles. The fraction of sp³-hybridized carbons (Fsp3) is 0.360. The Bertz CT molecular complexity index is 1060. The zero-order valence-electron chi connectivity index (χ0n) is 17.1. The van der Waals surface area contributed by atoms with Gasteiger partial charge in [-0.25, -0.2) is 0 Å². The second kappa shape index (κ2) is 7.27.